The van der Waals surface area contributed by atoms with Crippen LogP contribution in [-0.2, 0) is 4.79 Å². The van der Waals surface area contributed by atoms with Crippen molar-refractivity contribution in [1.82, 2.24) is 5.32 Å². The molecule has 0 bridgehead atoms. The average Bonchev–Trinajstić information content (AvgIpc) is 3.15. The van der Waals surface area contributed by atoms with Crippen molar-refractivity contribution < 1.29 is 15.0 Å². The van der Waals surface area contributed by atoms with Gasteiger partial charge in [-0.1, -0.05) is 244 Å². The molecule has 0 radical (unpaired) electrons. The van der Waals surface area contributed by atoms with Crippen LogP contribution >= 0.6 is 0 Å². The quantitative estimate of drug-likeness (QED) is 0.0432. The van der Waals surface area contributed by atoms with E-state index in [4.69, 9.17) is 0 Å². The SMILES string of the molecule is CCCCCCCC/C=C/CC/C=C/C(O)C(CO)NC(=O)CCCCCCCCCCCCCCCCCCCCCCCCCCCCCC. The highest BCUT2D eigenvalue weighted by molar-refractivity contribution is 5.76. The Morgan fingerprint density at radius 2 is 0.750 bits per heavy atom. The molecule has 1 amide bonds. The summed E-state index contributed by atoms with van der Waals surface area (Å²) in [5.41, 5.74) is 0. The van der Waals surface area contributed by atoms with E-state index in [9.17, 15) is 15.0 Å². The molecule has 0 rings (SSSR count). The predicted octanol–water partition coefficient (Wildman–Crippen LogP) is 14.8. The Bertz CT molecular complexity index is 750. The highest BCUT2D eigenvalue weighted by atomic mass is 16.3. The fraction of sp³-hybridized carbons (Fsp3) is 0.896. The molecule has 0 aliphatic carbocycles. The summed E-state index contributed by atoms with van der Waals surface area (Å²) < 4.78 is 0. The van der Waals surface area contributed by atoms with Gasteiger partial charge in [-0.2, -0.15) is 0 Å². The van der Waals surface area contributed by atoms with E-state index in [0.717, 1.165) is 32.1 Å². The molecule has 4 nitrogen and oxygen atoms in total. The zero-order chi connectivity index (χ0) is 37.8. The van der Waals surface area contributed by atoms with Gasteiger partial charge < -0.3 is 15.5 Å². The standard InChI is InChI=1S/C48H93NO3/c1-3-5-7-9-11-13-15-17-18-19-20-21-22-23-24-25-26-27-28-29-30-31-32-34-36-38-40-42-44-48(52)49-46(45-50)47(51)43-41-39-37-35-33-16-14-12-10-8-6-4-2/h33,35,41,43,46-47,50-51H,3-32,34,36-40,42,44-45H2,1-2H3,(H,49,52)/b35-33+,43-41+. The van der Waals surface area contributed by atoms with Gasteiger partial charge in [0.05, 0.1) is 18.8 Å². The van der Waals surface area contributed by atoms with E-state index in [1.165, 1.54) is 205 Å². The minimum Gasteiger partial charge on any atom is -0.394 e. The molecule has 0 aliphatic heterocycles. The van der Waals surface area contributed by atoms with E-state index in [2.05, 4.69) is 31.3 Å². The number of aliphatic hydroxyl groups is 2. The molecule has 0 saturated heterocycles. The molecular weight excluding hydrogens is 639 g/mol. The summed E-state index contributed by atoms with van der Waals surface area (Å²) in [5, 5.41) is 22.9. The summed E-state index contributed by atoms with van der Waals surface area (Å²) in [4.78, 5) is 12.4. The molecule has 2 atom stereocenters. The molecule has 0 aromatic carbocycles. The molecule has 308 valence electrons. The molecule has 4 heteroatoms. The normalized spacial score (nSPS) is 13.1. The van der Waals surface area contributed by atoms with Gasteiger partial charge in [-0.15, -0.1) is 0 Å². The van der Waals surface area contributed by atoms with Crippen LogP contribution in [0, 0.1) is 0 Å². The second kappa shape index (κ2) is 44.3. The number of nitrogens with one attached hydrogen (secondary N) is 1. The van der Waals surface area contributed by atoms with Gasteiger partial charge in [0.2, 0.25) is 5.91 Å². The highest BCUT2D eigenvalue weighted by Gasteiger charge is 2.17. The number of carbonyl (C=O) groups is 1. The Morgan fingerprint density at radius 1 is 0.442 bits per heavy atom. The fourth-order valence-electron chi connectivity index (χ4n) is 7.31. The van der Waals surface area contributed by atoms with Crippen molar-refractivity contribution in [2.24, 2.45) is 0 Å². The van der Waals surface area contributed by atoms with Crippen LogP contribution in [0.1, 0.15) is 258 Å². The minimum atomic E-state index is -0.857. The molecule has 0 aromatic heterocycles. The van der Waals surface area contributed by atoms with Crippen LogP contribution in [0.2, 0.25) is 0 Å². The highest BCUT2D eigenvalue weighted by Crippen LogP contribution is 2.17. The van der Waals surface area contributed by atoms with Crippen LogP contribution in [0.25, 0.3) is 0 Å². The number of carbonyl (C=O) groups excluding carboxylic acids is 1. The van der Waals surface area contributed by atoms with E-state index < -0.39 is 12.1 Å². The van der Waals surface area contributed by atoms with Crippen LogP contribution in [0.5, 0.6) is 0 Å². The first-order chi connectivity index (χ1) is 25.7. The van der Waals surface area contributed by atoms with Crippen molar-refractivity contribution in [3.63, 3.8) is 0 Å². The van der Waals surface area contributed by atoms with Gasteiger partial charge in [-0.25, -0.2) is 0 Å². The molecular formula is C48H93NO3. The summed E-state index contributed by atoms with van der Waals surface area (Å²) >= 11 is 0. The number of hydrogen-bond acceptors (Lipinski definition) is 3. The molecule has 2 unspecified atom stereocenters. The fourth-order valence-corrected chi connectivity index (χ4v) is 7.31. The topological polar surface area (TPSA) is 69.6 Å². The van der Waals surface area contributed by atoms with Crippen molar-refractivity contribution in [2.45, 2.75) is 270 Å². The third-order valence-corrected chi connectivity index (χ3v) is 10.9. The second-order valence-electron chi connectivity index (χ2n) is 16.2. The molecule has 0 heterocycles. The van der Waals surface area contributed by atoms with Gasteiger partial charge in [0.25, 0.3) is 0 Å². The van der Waals surface area contributed by atoms with Gasteiger partial charge in [0.1, 0.15) is 0 Å². The predicted molar refractivity (Wildman–Crippen MR) is 230 cm³/mol. The Balaban J connectivity index is 3.45. The van der Waals surface area contributed by atoms with Gasteiger partial charge in [-0.05, 0) is 32.1 Å². The van der Waals surface area contributed by atoms with Crippen molar-refractivity contribution >= 4 is 5.91 Å². The van der Waals surface area contributed by atoms with Crippen molar-refractivity contribution in [2.75, 3.05) is 6.61 Å². The van der Waals surface area contributed by atoms with E-state index in [-0.39, 0.29) is 12.5 Å². The van der Waals surface area contributed by atoms with Crippen LogP contribution < -0.4 is 5.32 Å². The number of amides is 1. The summed E-state index contributed by atoms with van der Waals surface area (Å²) in [6, 6.07) is -0.634. The number of aliphatic hydroxyl groups excluding tert-OH is 2. The first-order valence-electron chi connectivity index (χ1n) is 23.6. The minimum absolute atomic E-state index is 0.0704. The van der Waals surface area contributed by atoms with Gasteiger partial charge in [0, 0.05) is 6.42 Å². The third-order valence-electron chi connectivity index (χ3n) is 10.9. The maximum atomic E-state index is 12.4. The molecule has 0 aromatic rings. The molecule has 3 N–H and O–H groups in total. The van der Waals surface area contributed by atoms with E-state index in [0.29, 0.717) is 6.42 Å². The van der Waals surface area contributed by atoms with Gasteiger partial charge in [-0.3, -0.25) is 4.79 Å². The lowest BCUT2D eigenvalue weighted by molar-refractivity contribution is -0.123. The smallest absolute Gasteiger partial charge is 0.220 e. The number of allylic oxidation sites excluding steroid dienone is 3. The second-order valence-corrected chi connectivity index (χ2v) is 16.2. The molecule has 0 spiro atoms. The van der Waals surface area contributed by atoms with Crippen LogP contribution in [0.4, 0.5) is 0 Å². The Labute approximate surface area is 326 Å². The largest absolute Gasteiger partial charge is 0.394 e. The lowest BCUT2D eigenvalue weighted by atomic mass is 10.0. The number of hydrogen-bond donors (Lipinski definition) is 3. The Kier molecular flexibility index (Phi) is 43.3. The molecule has 0 aliphatic rings. The Morgan fingerprint density at radius 3 is 1.12 bits per heavy atom. The maximum Gasteiger partial charge on any atom is 0.220 e. The summed E-state index contributed by atoms with van der Waals surface area (Å²) in [5.74, 6) is -0.0704. The monoisotopic (exact) mass is 732 g/mol. The summed E-state index contributed by atoms with van der Waals surface area (Å²) in [6.45, 7) is 4.30. The lowest BCUT2D eigenvalue weighted by Crippen LogP contribution is -2.45. The summed E-state index contributed by atoms with van der Waals surface area (Å²) in [6.07, 6.45) is 57.4. The molecule has 0 fully saturated rings. The zero-order valence-corrected chi connectivity index (χ0v) is 35.3. The first-order valence-corrected chi connectivity index (χ1v) is 23.6. The van der Waals surface area contributed by atoms with Crippen molar-refractivity contribution in [1.29, 1.82) is 0 Å². The van der Waals surface area contributed by atoms with E-state index >= 15 is 0 Å². The van der Waals surface area contributed by atoms with Crippen LogP contribution in [-0.4, -0.2) is 34.9 Å². The molecule has 0 saturated carbocycles. The van der Waals surface area contributed by atoms with Gasteiger partial charge in [0.15, 0.2) is 0 Å². The first kappa shape index (κ1) is 50.9. The zero-order valence-electron chi connectivity index (χ0n) is 35.3. The van der Waals surface area contributed by atoms with Crippen molar-refractivity contribution in [3.8, 4) is 0 Å². The van der Waals surface area contributed by atoms with Crippen molar-refractivity contribution in [3.05, 3.63) is 24.3 Å². The van der Waals surface area contributed by atoms with Gasteiger partial charge >= 0.3 is 0 Å². The van der Waals surface area contributed by atoms with Crippen LogP contribution in [0.15, 0.2) is 24.3 Å². The average molecular weight is 732 g/mol. The maximum absolute atomic E-state index is 12.4. The molecule has 52 heavy (non-hydrogen) atoms. The third kappa shape index (κ3) is 40.1. The van der Waals surface area contributed by atoms with E-state index in [1.807, 2.05) is 6.08 Å². The lowest BCUT2D eigenvalue weighted by Gasteiger charge is -2.19. The summed E-state index contributed by atoms with van der Waals surface area (Å²) in [7, 11) is 0. The van der Waals surface area contributed by atoms with E-state index in [1.54, 1.807) is 6.08 Å². The van der Waals surface area contributed by atoms with Crippen LogP contribution in [0.3, 0.4) is 0 Å². The Hall–Kier alpha value is -1.13. The number of unbranched alkanes of at least 4 members (excludes halogenated alkanes) is 34. The number of rotatable bonds is 43.